The van der Waals surface area contributed by atoms with E-state index in [9.17, 15) is 0 Å². The summed E-state index contributed by atoms with van der Waals surface area (Å²) in [4.78, 5) is 0. The van der Waals surface area contributed by atoms with Crippen molar-refractivity contribution in [1.29, 1.82) is 0 Å². The Hall–Kier alpha value is -0.920. The van der Waals surface area contributed by atoms with E-state index in [1.54, 1.807) is 19.4 Å². The number of aliphatic hydroxyl groups excluding tert-OH is 1. The molecule has 0 rings (SSSR count). The van der Waals surface area contributed by atoms with Crippen LogP contribution in [0.25, 0.3) is 0 Å². The SMILES string of the molecule is COC=C(C)C=CO. The van der Waals surface area contributed by atoms with Crippen LogP contribution in [0, 0.1) is 0 Å². The van der Waals surface area contributed by atoms with E-state index in [-0.39, 0.29) is 0 Å². The minimum atomic E-state index is 0.884. The highest BCUT2D eigenvalue weighted by molar-refractivity contribution is 5.10. The number of hydrogen-bond acceptors (Lipinski definition) is 2. The molecule has 0 amide bonds. The van der Waals surface area contributed by atoms with Gasteiger partial charge in [0.25, 0.3) is 0 Å². The molecule has 0 aliphatic rings. The van der Waals surface area contributed by atoms with Crippen molar-refractivity contribution in [2.24, 2.45) is 0 Å². The molecule has 0 atom stereocenters. The van der Waals surface area contributed by atoms with E-state index in [0.717, 1.165) is 11.8 Å². The number of allylic oxidation sites excluding steroid dienone is 2. The largest absolute Gasteiger partial charge is 0.516 e. The molecule has 0 saturated heterocycles. The van der Waals surface area contributed by atoms with Crippen LogP contribution in [-0.4, -0.2) is 12.2 Å². The Kier molecular flexibility index (Phi) is 3.76. The minimum Gasteiger partial charge on any atom is -0.516 e. The number of methoxy groups -OCH3 is 1. The summed E-state index contributed by atoms with van der Waals surface area (Å²) in [5, 5.41) is 8.19. The third-order valence-corrected chi connectivity index (χ3v) is 0.641. The van der Waals surface area contributed by atoms with E-state index < -0.39 is 0 Å². The van der Waals surface area contributed by atoms with Crippen LogP contribution < -0.4 is 0 Å². The molecule has 0 aromatic rings. The average molecular weight is 114 g/mol. The van der Waals surface area contributed by atoms with Gasteiger partial charge in [0.15, 0.2) is 0 Å². The Labute approximate surface area is 49.1 Å². The maximum Gasteiger partial charge on any atom is 0.0854 e. The van der Waals surface area contributed by atoms with Gasteiger partial charge in [-0.15, -0.1) is 0 Å². The number of hydrogen-bond donors (Lipinski definition) is 1. The third-order valence-electron chi connectivity index (χ3n) is 0.641. The lowest BCUT2D eigenvalue weighted by atomic mass is 10.3. The van der Waals surface area contributed by atoms with E-state index in [1.807, 2.05) is 6.92 Å². The van der Waals surface area contributed by atoms with Crippen LogP contribution in [0.5, 0.6) is 0 Å². The molecular formula is C6H10O2. The molecule has 0 unspecified atom stereocenters. The van der Waals surface area contributed by atoms with Gasteiger partial charge in [0.2, 0.25) is 0 Å². The lowest BCUT2D eigenvalue weighted by molar-refractivity contribution is 0.335. The predicted octanol–water partition coefficient (Wildman–Crippen LogP) is 1.61. The summed E-state index contributed by atoms with van der Waals surface area (Å²) in [6.45, 7) is 1.83. The fourth-order valence-corrected chi connectivity index (χ4v) is 0.343. The summed E-state index contributed by atoms with van der Waals surface area (Å²) in [5.41, 5.74) is 0.884. The Morgan fingerprint density at radius 2 is 2.25 bits per heavy atom. The molecule has 0 saturated carbocycles. The van der Waals surface area contributed by atoms with Gasteiger partial charge in [-0.1, -0.05) is 0 Å². The number of ether oxygens (including phenoxy) is 1. The third kappa shape index (κ3) is 3.28. The van der Waals surface area contributed by atoms with Crippen molar-refractivity contribution < 1.29 is 9.84 Å². The van der Waals surface area contributed by atoms with E-state index in [0.29, 0.717) is 0 Å². The highest BCUT2D eigenvalue weighted by atomic mass is 16.5. The zero-order valence-corrected chi connectivity index (χ0v) is 5.09. The summed E-state index contributed by atoms with van der Waals surface area (Å²) in [6, 6.07) is 0. The fourth-order valence-electron chi connectivity index (χ4n) is 0.343. The summed E-state index contributed by atoms with van der Waals surface area (Å²) in [5.74, 6) is 0. The van der Waals surface area contributed by atoms with E-state index in [2.05, 4.69) is 4.74 Å². The monoisotopic (exact) mass is 114 g/mol. The lowest BCUT2D eigenvalue weighted by Crippen LogP contribution is -1.70. The number of rotatable bonds is 2. The molecule has 2 nitrogen and oxygen atoms in total. The van der Waals surface area contributed by atoms with Gasteiger partial charge < -0.3 is 9.84 Å². The fraction of sp³-hybridized carbons (Fsp3) is 0.333. The van der Waals surface area contributed by atoms with Crippen LogP contribution in [0.4, 0.5) is 0 Å². The summed E-state index contributed by atoms with van der Waals surface area (Å²) >= 11 is 0. The first-order valence-electron chi connectivity index (χ1n) is 2.31. The van der Waals surface area contributed by atoms with Gasteiger partial charge in [-0.05, 0) is 18.6 Å². The molecule has 8 heavy (non-hydrogen) atoms. The normalized spacial score (nSPS) is 12.5. The van der Waals surface area contributed by atoms with Crippen LogP contribution in [-0.2, 0) is 4.74 Å². The highest BCUT2D eigenvalue weighted by Gasteiger charge is 1.75. The van der Waals surface area contributed by atoms with Crippen LogP contribution in [0.1, 0.15) is 6.92 Å². The van der Waals surface area contributed by atoms with Gasteiger partial charge in [-0.3, -0.25) is 0 Å². The van der Waals surface area contributed by atoms with Crippen molar-refractivity contribution in [2.75, 3.05) is 7.11 Å². The van der Waals surface area contributed by atoms with Gasteiger partial charge in [-0.25, -0.2) is 0 Å². The highest BCUT2D eigenvalue weighted by Crippen LogP contribution is 1.91. The quantitative estimate of drug-likeness (QED) is 0.436. The van der Waals surface area contributed by atoms with Gasteiger partial charge >= 0.3 is 0 Å². The maximum atomic E-state index is 8.19. The van der Waals surface area contributed by atoms with Crippen LogP contribution in [0.15, 0.2) is 24.2 Å². The summed E-state index contributed by atoms with van der Waals surface area (Å²) in [7, 11) is 1.56. The molecule has 46 valence electrons. The van der Waals surface area contributed by atoms with Crippen LogP contribution in [0.3, 0.4) is 0 Å². The number of aliphatic hydroxyl groups is 1. The Balaban J connectivity index is 3.61. The van der Waals surface area contributed by atoms with E-state index >= 15 is 0 Å². The Morgan fingerprint density at radius 1 is 1.62 bits per heavy atom. The predicted molar refractivity (Wildman–Crippen MR) is 32.5 cm³/mol. The molecule has 1 N–H and O–H groups in total. The summed E-state index contributed by atoms with van der Waals surface area (Å²) in [6.07, 6.45) is 4.07. The lowest BCUT2D eigenvalue weighted by Gasteiger charge is -1.87. The molecular weight excluding hydrogens is 104 g/mol. The van der Waals surface area contributed by atoms with Crippen molar-refractivity contribution in [2.45, 2.75) is 6.92 Å². The van der Waals surface area contributed by atoms with E-state index in [4.69, 9.17) is 5.11 Å². The average Bonchev–Trinajstić information content (AvgIpc) is 1.68. The Morgan fingerprint density at radius 3 is 2.62 bits per heavy atom. The van der Waals surface area contributed by atoms with Crippen LogP contribution in [0.2, 0.25) is 0 Å². The molecule has 0 aromatic carbocycles. The topological polar surface area (TPSA) is 29.5 Å². The molecule has 0 spiro atoms. The maximum absolute atomic E-state index is 8.19. The van der Waals surface area contributed by atoms with Gasteiger partial charge in [-0.2, -0.15) is 0 Å². The molecule has 0 heterocycles. The van der Waals surface area contributed by atoms with Gasteiger partial charge in [0.05, 0.1) is 19.6 Å². The second kappa shape index (κ2) is 4.24. The first-order chi connectivity index (χ1) is 3.81. The molecule has 0 aromatic heterocycles. The molecule has 0 fully saturated rings. The van der Waals surface area contributed by atoms with Crippen molar-refractivity contribution >= 4 is 0 Å². The van der Waals surface area contributed by atoms with E-state index in [1.165, 1.54) is 0 Å². The smallest absolute Gasteiger partial charge is 0.0854 e. The standard InChI is InChI=1S/C6H10O2/c1-6(3-4-7)5-8-2/h3-5,7H,1-2H3. The molecule has 2 heteroatoms. The second-order valence-corrected chi connectivity index (χ2v) is 1.41. The zero-order chi connectivity index (χ0) is 6.41. The molecule has 0 bridgehead atoms. The minimum absolute atomic E-state index is 0.884. The first-order valence-corrected chi connectivity index (χ1v) is 2.31. The summed E-state index contributed by atoms with van der Waals surface area (Å²) < 4.78 is 4.63. The van der Waals surface area contributed by atoms with Crippen LogP contribution >= 0.6 is 0 Å². The molecule has 0 aliphatic heterocycles. The Bertz CT molecular complexity index is 103. The zero-order valence-electron chi connectivity index (χ0n) is 5.09. The van der Waals surface area contributed by atoms with Crippen molar-refractivity contribution in [1.82, 2.24) is 0 Å². The molecule has 0 aliphatic carbocycles. The van der Waals surface area contributed by atoms with Crippen molar-refractivity contribution in [3.8, 4) is 0 Å². The van der Waals surface area contributed by atoms with Crippen molar-refractivity contribution in [3.63, 3.8) is 0 Å². The second-order valence-electron chi connectivity index (χ2n) is 1.41. The first kappa shape index (κ1) is 7.08. The molecule has 0 radical (unpaired) electrons. The van der Waals surface area contributed by atoms with Gasteiger partial charge in [0.1, 0.15) is 0 Å². The van der Waals surface area contributed by atoms with Gasteiger partial charge in [0, 0.05) is 0 Å². The van der Waals surface area contributed by atoms with Crippen molar-refractivity contribution in [3.05, 3.63) is 24.2 Å².